The summed E-state index contributed by atoms with van der Waals surface area (Å²) in [7, 11) is 1.56. The van der Waals surface area contributed by atoms with E-state index in [2.05, 4.69) is 18.8 Å². The summed E-state index contributed by atoms with van der Waals surface area (Å²) in [4.78, 5) is 32.6. The number of hydrogen-bond acceptors (Lipinski definition) is 5. The SMILES string of the molecule is C=C(/C=C\OC)NC(=O)CCCCCCCCC.CCC(C)=O.Cc1scc([C-]=O)c1C.[CH3-].[U+2]. The molecule has 1 aromatic heterocycles. The van der Waals surface area contributed by atoms with Gasteiger partial charge in [-0.25, -0.2) is 11.3 Å². The Balaban J connectivity index is -0.000000234. The zero-order valence-electron chi connectivity index (χ0n) is 22.3. The summed E-state index contributed by atoms with van der Waals surface area (Å²) in [6.07, 6.45) is 14.8. The number of methoxy groups -OCH3 is 1. The molecule has 0 aliphatic rings. The number of rotatable bonds is 13. The minimum Gasteiger partial charge on any atom is -0.504 e. The maximum absolute atomic E-state index is 11.5. The smallest absolute Gasteiger partial charge is 0.504 e. The Morgan fingerprint density at radius 3 is 2.03 bits per heavy atom. The molecule has 0 aliphatic heterocycles. The monoisotopic (exact) mass is 717 g/mol. The van der Waals surface area contributed by atoms with E-state index in [0.29, 0.717) is 24.1 Å². The van der Waals surface area contributed by atoms with Gasteiger partial charge in [0, 0.05) is 18.5 Å². The molecule has 1 rings (SSSR count). The quantitative estimate of drug-likeness (QED) is 0.102. The van der Waals surface area contributed by atoms with Gasteiger partial charge in [0.05, 0.1) is 19.7 Å². The van der Waals surface area contributed by atoms with Gasteiger partial charge in [-0.1, -0.05) is 70.8 Å². The van der Waals surface area contributed by atoms with Crippen LogP contribution in [0.1, 0.15) is 94.6 Å². The van der Waals surface area contributed by atoms with Crippen LogP contribution in [-0.4, -0.2) is 25.1 Å². The number of carbonyl (C=O) groups excluding carboxylic acids is 3. The van der Waals surface area contributed by atoms with Gasteiger partial charge in [-0.2, -0.15) is 0 Å². The van der Waals surface area contributed by atoms with Crippen molar-refractivity contribution in [2.24, 2.45) is 0 Å². The fourth-order valence-electron chi connectivity index (χ4n) is 2.29. The van der Waals surface area contributed by atoms with E-state index in [9.17, 15) is 14.4 Å². The second kappa shape index (κ2) is 28.1. The molecule has 0 atom stereocenters. The second-order valence-electron chi connectivity index (χ2n) is 7.47. The van der Waals surface area contributed by atoms with Crippen LogP contribution in [0.15, 0.2) is 30.0 Å². The zero-order chi connectivity index (χ0) is 24.8. The van der Waals surface area contributed by atoms with Gasteiger partial charge in [-0.3, -0.25) is 4.79 Å². The predicted molar refractivity (Wildman–Crippen MR) is 142 cm³/mol. The second-order valence-corrected chi connectivity index (χ2v) is 8.56. The summed E-state index contributed by atoms with van der Waals surface area (Å²) in [5, 5.41) is 4.56. The molecule has 5 nitrogen and oxygen atoms in total. The van der Waals surface area contributed by atoms with Crippen molar-refractivity contribution < 1.29 is 50.2 Å². The first kappa shape index (κ1) is 40.0. The molecule has 0 saturated heterocycles. The van der Waals surface area contributed by atoms with Crippen molar-refractivity contribution in [3.8, 4) is 0 Å². The third kappa shape index (κ3) is 25.5. The number of hydrogen-bond donors (Lipinski definition) is 1. The van der Waals surface area contributed by atoms with Crippen molar-refractivity contribution in [1.82, 2.24) is 5.32 Å². The van der Waals surface area contributed by atoms with Gasteiger partial charge in [0.25, 0.3) is 0 Å². The van der Waals surface area contributed by atoms with Crippen LogP contribution in [0.4, 0.5) is 0 Å². The molecule has 1 N–H and O–H groups in total. The maximum Gasteiger partial charge on any atom is 2.00 e. The fraction of sp³-hybridized carbons (Fsp3) is 0.556. The summed E-state index contributed by atoms with van der Waals surface area (Å²) in [6.45, 7) is 13.3. The van der Waals surface area contributed by atoms with Gasteiger partial charge in [0.1, 0.15) is 5.78 Å². The minimum absolute atomic E-state index is 0. The van der Waals surface area contributed by atoms with Crippen molar-refractivity contribution >= 4 is 29.3 Å². The number of unbranched alkanes of at least 4 members (excludes halogenated alkanes) is 6. The topological polar surface area (TPSA) is 72.5 Å². The molecule has 0 aliphatic carbocycles. The summed E-state index contributed by atoms with van der Waals surface area (Å²) in [6, 6.07) is 0. The Morgan fingerprint density at radius 2 is 1.65 bits per heavy atom. The van der Waals surface area contributed by atoms with Gasteiger partial charge < -0.3 is 27.1 Å². The van der Waals surface area contributed by atoms with Crippen molar-refractivity contribution in [3.63, 3.8) is 0 Å². The van der Waals surface area contributed by atoms with E-state index in [0.717, 1.165) is 18.4 Å². The predicted octanol–water partition coefficient (Wildman–Crippen LogP) is 7.18. The summed E-state index contributed by atoms with van der Waals surface area (Å²) in [5.41, 5.74) is 2.34. The van der Waals surface area contributed by atoms with E-state index in [1.165, 1.54) is 43.2 Å². The third-order valence-corrected chi connectivity index (χ3v) is 5.62. The van der Waals surface area contributed by atoms with E-state index >= 15 is 0 Å². The van der Waals surface area contributed by atoms with Crippen molar-refractivity contribution in [3.05, 3.63) is 53.4 Å². The molecule has 0 bridgehead atoms. The maximum atomic E-state index is 11.5. The number of amides is 1. The van der Waals surface area contributed by atoms with Crippen LogP contribution >= 0.6 is 11.3 Å². The molecule has 1 aromatic rings. The Labute approximate surface area is 236 Å². The largest absolute Gasteiger partial charge is 2.00 e. The number of ketones is 1. The average Bonchev–Trinajstić information content (AvgIpc) is 3.10. The minimum atomic E-state index is 0. The number of thiophene rings is 1. The molecule has 0 fully saturated rings. The van der Waals surface area contributed by atoms with Crippen LogP contribution in [0.5, 0.6) is 0 Å². The van der Waals surface area contributed by atoms with Crippen molar-refractivity contribution in [2.75, 3.05) is 7.11 Å². The van der Waals surface area contributed by atoms with Gasteiger partial charge in [0.2, 0.25) is 5.91 Å². The molecule has 0 aromatic carbocycles. The fourth-order valence-corrected chi connectivity index (χ4v) is 3.10. The van der Waals surface area contributed by atoms with E-state index in [1.54, 1.807) is 31.4 Å². The van der Waals surface area contributed by atoms with E-state index in [1.807, 2.05) is 32.4 Å². The Bertz CT molecular complexity index is 699. The first-order valence-corrected chi connectivity index (χ1v) is 12.2. The number of Topliss-reactive ketones (excluding diaryl/α,β-unsaturated/α-hetero) is 1. The van der Waals surface area contributed by atoms with Gasteiger partial charge in [-0.15, -0.1) is 16.5 Å². The summed E-state index contributed by atoms with van der Waals surface area (Å²) in [5.74, 6) is 0.291. The number of ether oxygens (including phenoxy) is 1. The summed E-state index contributed by atoms with van der Waals surface area (Å²) >= 11 is 1.59. The van der Waals surface area contributed by atoms with Crippen LogP contribution in [0.3, 0.4) is 0 Å². The van der Waals surface area contributed by atoms with E-state index in [-0.39, 0.29) is 50.2 Å². The van der Waals surface area contributed by atoms with Crippen LogP contribution in [0.25, 0.3) is 0 Å². The molecule has 1 amide bonds. The van der Waals surface area contributed by atoms with Crippen LogP contribution in [-0.2, 0) is 19.1 Å². The Hall–Kier alpha value is -1.16. The van der Waals surface area contributed by atoms with Crippen LogP contribution in [0.2, 0.25) is 0 Å². The van der Waals surface area contributed by atoms with Crippen molar-refractivity contribution in [1.29, 1.82) is 0 Å². The van der Waals surface area contributed by atoms with Crippen LogP contribution < -0.4 is 5.32 Å². The molecule has 192 valence electrons. The van der Waals surface area contributed by atoms with Gasteiger partial charge in [0.15, 0.2) is 0 Å². The van der Waals surface area contributed by atoms with E-state index < -0.39 is 0 Å². The molecule has 0 saturated carbocycles. The molecular formula is C27H45NO4SU. The first-order chi connectivity index (χ1) is 15.2. The number of allylic oxidation sites excluding steroid dienone is 1. The average molecular weight is 718 g/mol. The van der Waals surface area contributed by atoms with Crippen molar-refractivity contribution in [2.45, 2.75) is 92.4 Å². The normalized spacial score (nSPS) is 9.24. The molecular weight excluding hydrogens is 672 g/mol. The number of aryl methyl sites for hydroxylation is 1. The van der Waals surface area contributed by atoms with E-state index in [4.69, 9.17) is 4.74 Å². The zero-order valence-corrected chi connectivity index (χ0v) is 27.3. The molecule has 0 spiro atoms. The van der Waals surface area contributed by atoms with Crippen LogP contribution in [0, 0.1) is 52.4 Å². The number of carbonyl (C=O) groups is 2. The molecule has 0 unspecified atom stereocenters. The van der Waals surface area contributed by atoms with Gasteiger partial charge in [-0.05, 0) is 26.3 Å². The molecule has 7 heteroatoms. The Kier molecular flexibility index (Phi) is 33.1. The van der Waals surface area contributed by atoms with Gasteiger partial charge >= 0.3 is 31.1 Å². The molecule has 1 heterocycles. The third-order valence-electron chi connectivity index (χ3n) is 4.61. The molecule has 0 radical (unpaired) electrons. The molecule has 34 heavy (non-hydrogen) atoms. The standard InChI is InChI=1S/C15H27NO2.C7H7OS.C4H8O.CH3.U/c1-4-5-6-7-8-9-10-11-15(17)16-14(2)12-13-18-3;1-5-6(2)9-4-7(5)3-8;1-3-4(2)5;;/h12-13H,2,4-11H2,1,3H3,(H,16,17);4H,1-2H3;3H2,1-2H3;1H3;/q;-1;;-1;+2/b13-12-;;;;. The Morgan fingerprint density at radius 1 is 1.12 bits per heavy atom. The first-order valence-electron chi connectivity index (χ1n) is 11.3. The summed E-state index contributed by atoms with van der Waals surface area (Å²) < 4.78 is 4.75. The number of nitrogens with one attached hydrogen (secondary N) is 1.